The number of ether oxygens (including phenoxy) is 1. The van der Waals surface area contributed by atoms with Crippen LogP contribution in [0.1, 0.15) is 28.7 Å². The van der Waals surface area contributed by atoms with Crippen LogP contribution in [-0.2, 0) is 16.0 Å². The molecule has 0 unspecified atom stereocenters. The van der Waals surface area contributed by atoms with Gasteiger partial charge in [0.1, 0.15) is 0 Å². The fraction of sp³-hybridized carbons (Fsp3) is 0.462. The summed E-state index contributed by atoms with van der Waals surface area (Å²) < 4.78 is 4.63. The second-order valence-corrected chi connectivity index (χ2v) is 3.87. The van der Waals surface area contributed by atoms with Gasteiger partial charge in [0.05, 0.1) is 7.11 Å². The van der Waals surface area contributed by atoms with E-state index in [9.17, 15) is 4.79 Å². The van der Waals surface area contributed by atoms with E-state index < -0.39 is 0 Å². The van der Waals surface area contributed by atoms with E-state index in [-0.39, 0.29) is 5.97 Å². The molecular formula is C13H18O2. The Bertz CT molecular complexity index is 367. The number of rotatable bonds is 3. The third-order valence-electron chi connectivity index (χ3n) is 3.00. The van der Waals surface area contributed by atoms with Crippen molar-refractivity contribution in [2.24, 2.45) is 0 Å². The molecule has 0 atom stereocenters. The number of carbonyl (C=O) groups excluding carboxylic acids is 1. The Kier molecular flexibility index (Phi) is 3.89. The van der Waals surface area contributed by atoms with Crippen LogP contribution in [-0.4, -0.2) is 13.1 Å². The van der Waals surface area contributed by atoms with Crippen molar-refractivity contribution in [2.45, 2.75) is 33.6 Å². The van der Waals surface area contributed by atoms with Gasteiger partial charge in [-0.15, -0.1) is 0 Å². The van der Waals surface area contributed by atoms with Crippen LogP contribution in [0.5, 0.6) is 0 Å². The SMILES string of the molecule is COC(=O)CCc1ccc(C)c(C)c1C. The van der Waals surface area contributed by atoms with Crippen molar-refractivity contribution in [3.63, 3.8) is 0 Å². The topological polar surface area (TPSA) is 26.3 Å². The van der Waals surface area contributed by atoms with E-state index in [4.69, 9.17) is 0 Å². The van der Waals surface area contributed by atoms with Gasteiger partial charge in [-0.2, -0.15) is 0 Å². The number of hydrogen-bond acceptors (Lipinski definition) is 2. The van der Waals surface area contributed by atoms with E-state index >= 15 is 0 Å². The molecule has 82 valence electrons. The van der Waals surface area contributed by atoms with Gasteiger partial charge in [0.2, 0.25) is 0 Å². The number of methoxy groups -OCH3 is 1. The van der Waals surface area contributed by atoms with Crippen molar-refractivity contribution in [3.8, 4) is 0 Å². The highest BCUT2D eigenvalue weighted by molar-refractivity contribution is 5.69. The third kappa shape index (κ3) is 2.82. The molecule has 0 fully saturated rings. The van der Waals surface area contributed by atoms with Gasteiger partial charge < -0.3 is 4.74 Å². The molecule has 0 radical (unpaired) electrons. The van der Waals surface area contributed by atoms with Crippen LogP contribution in [0.4, 0.5) is 0 Å². The van der Waals surface area contributed by atoms with Gasteiger partial charge in [-0.05, 0) is 49.4 Å². The molecule has 15 heavy (non-hydrogen) atoms. The van der Waals surface area contributed by atoms with Crippen LogP contribution < -0.4 is 0 Å². The highest BCUT2D eigenvalue weighted by Gasteiger charge is 2.06. The van der Waals surface area contributed by atoms with Gasteiger partial charge in [0.25, 0.3) is 0 Å². The van der Waals surface area contributed by atoms with Crippen molar-refractivity contribution in [3.05, 3.63) is 34.4 Å². The number of aryl methyl sites for hydroxylation is 2. The molecule has 2 nitrogen and oxygen atoms in total. The van der Waals surface area contributed by atoms with Crippen LogP contribution in [0.2, 0.25) is 0 Å². The summed E-state index contributed by atoms with van der Waals surface area (Å²) in [6.45, 7) is 6.33. The number of benzene rings is 1. The van der Waals surface area contributed by atoms with Crippen LogP contribution >= 0.6 is 0 Å². The highest BCUT2D eigenvalue weighted by atomic mass is 16.5. The summed E-state index contributed by atoms with van der Waals surface area (Å²) in [5.74, 6) is -0.146. The maximum atomic E-state index is 11.0. The molecule has 1 aromatic carbocycles. The minimum absolute atomic E-state index is 0.146. The first-order chi connectivity index (χ1) is 7.06. The predicted molar refractivity (Wildman–Crippen MR) is 61.0 cm³/mol. The Balaban J connectivity index is 2.78. The van der Waals surface area contributed by atoms with E-state index in [0.29, 0.717) is 6.42 Å². The zero-order valence-corrected chi connectivity index (χ0v) is 9.89. The first-order valence-corrected chi connectivity index (χ1v) is 5.18. The van der Waals surface area contributed by atoms with E-state index in [1.807, 2.05) is 0 Å². The van der Waals surface area contributed by atoms with Crippen LogP contribution in [0.25, 0.3) is 0 Å². The molecule has 0 heterocycles. The van der Waals surface area contributed by atoms with E-state index in [1.54, 1.807) is 0 Å². The van der Waals surface area contributed by atoms with E-state index in [2.05, 4.69) is 37.6 Å². The number of hydrogen-bond donors (Lipinski definition) is 0. The van der Waals surface area contributed by atoms with Gasteiger partial charge in [0, 0.05) is 6.42 Å². The Morgan fingerprint density at radius 1 is 1.20 bits per heavy atom. The van der Waals surface area contributed by atoms with Crippen molar-refractivity contribution < 1.29 is 9.53 Å². The van der Waals surface area contributed by atoms with Crippen molar-refractivity contribution in [1.29, 1.82) is 0 Å². The van der Waals surface area contributed by atoms with Gasteiger partial charge in [-0.3, -0.25) is 4.79 Å². The monoisotopic (exact) mass is 206 g/mol. The van der Waals surface area contributed by atoms with Crippen LogP contribution in [0, 0.1) is 20.8 Å². The minimum Gasteiger partial charge on any atom is -0.469 e. The first kappa shape index (κ1) is 11.8. The normalized spacial score (nSPS) is 10.1. The minimum atomic E-state index is -0.146. The molecule has 0 spiro atoms. The Labute approximate surface area is 91.3 Å². The van der Waals surface area contributed by atoms with E-state index in [1.165, 1.54) is 29.4 Å². The lowest BCUT2D eigenvalue weighted by Crippen LogP contribution is -2.03. The lowest BCUT2D eigenvalue weighted by atomic mass is 9.96. The summed E-state index contributed by atoms with van der Waals surface area (Å²) >= 11 is 0. The molecule has 1 aromatic rings. The molecule has 0 aliphatic carbocycles. The van der Waals surface area contributed by atoms with Gasteiger partial charge in [-0.25, -0.2) is 0 Å². The molecule has 0 aliphatic heterocycles. The molecule has 0 amide bonds. The summed E-state index contributed by atoms with van der Waals surface area (Å²) in [6.07, 6.45) is 1.22. The third-order valence-corrected chi connectivity index (χ3v) is 3.00. The molecule has 0 bridgehead atoms. The molecule has 0 saturated heterocycles. The summed E-state index contributed by atoms with van der Waals surface area (Å²) in [5, 5.41) is 0. The molecule has 0 saturated carbocycles. The molecule has 0 N–H and O–H groups in total. The largest absolute Gasteiger partial charge is 0.469 e. The van der Waals surface area contributed by atoms with Crippen LogP contribution in [0.15, 0.2) is 12.1 Å². The maximum absolute atomic E-state index is 11.0. The van der Waals surface area contributed by atoms with Gasteiger partial charge in [0.15, 0.2) is 0 Å². The molecular weight excluding hydrogens is 188 g/mol. The second kappa shape index (κ2) is 4.96. The lowest BCUT2D eigenvalue weighted by Gasteiger charge is -2.10. The van der Waals surface area contributed by atoms with Crippen molar-refractivity contribution in [2.75, 3.05) is 7.11 Å². The number of carbonyl (C=O) groups is 1. The van der Waals surface area contributed by atoms with Gasteiger partial charge in [-0.1, -0.05) is 12.1 Å². The number of esters is 1. The van der Waals surface area contributed by atoms with Crippen molar-refractivity contribution >= 4 is 5.97 Å². The quantitative estimate of drug-likeness (QED) is 0.711. The predicted octanol–water partition coefficient (Wildman–Crippen LogP) is 2.72. The standard InChI is InChI=1S/C13H18O2/c1-9-5-6-12(11(3)10(9)2)7-8-13(14)15-4/h5-6H,7-8H2,1-4H3. The zero-order chi connectivity index (χ0) is 11.4. The average Bonchev–Trinajstić information content (AvgIpc) is 2.24. The summed E-state index contributed by atoms with van der Waals surface area (Å²) in [7, 11) is 1.43. The Hall–Kier alpha value is -1.31. The molecule has 2 heteroatoms. The van der Waals surface area contributed by atoms with Crippen LogP contribution in [0.3, 0.4) is 0 Å². The molecule has 0 aromatic heterocycles. The fourth-order valence-corrected chi connectivity index (χ4v) is 1.62. The average molecular weight is 206 g/mol. The highest BCUT2D eigenvalue weighted by Crippen LogP contribution is 2.18. The van der Waals surface area contributed by atoms with E-state index in [0.717, 1.165) is 6.42 Å². The van der Waals surface area contributed by atoms with Crippen molar-refractivity contribution in [1.82, 2.24) is 0 Å². The lowest BCUT2D eigenvalue weighted by molar-refractivity contribution is -0.140. The Morgan fingerprint density at radius 3 is 2.47 bits per heavy atom. The molecule has 0 aliphatic rings. The fourth-order valence-electron chi connectivity index (χ4n) is 1.62. The summed E-state index contributed by atoms with van der Waals surface area (Å²) in [4.78, 5) is 11.0. The second-order valence-electron chi connectivity index (χ2n) is 3.87. The maximum Gasteiger partial charge on any atom is 0.305 e. The summed E-state index contributed by atoms with van der Waals surface area (Å²) in [5.41, 5.74) is 5.15. The summed E-state index contributed by atoms with van der Waals surface area (Å²) in [6, 6.07) is 4.20. The first-order valence-electron chi connectivity index (χ1n) is 5.18. The smallest absolute Gasteiger partial charge is 0.305 e. The zero-order valence-electron chi connectivity index (χ0n) is 9.89. The Morgan fingerprint density at radius 2 is 1.87 bits per heavy atom. The molecule has 1 rings (SSSR count). The van der Waals surface area contributed by atoms with Gasteiger partial charge >= 0.3 is 5.97 Å².